The summed E-state index contributed by atoms with van der Waals surface area (Å²) in [5.74, 6) is 1.28. The molecule has 0 fully saturated rings. The molecular weight excluding hydrogens is 320 g/mol. The van der Waals surface area contributed by atoms with Crippen molar-refractivity contribution in [2.75, 3.05) is 10.6 Å². The Morgan fingerprint density at radius 3 is 2.50 bits per heavy atom. The molecule has 0 amide bonds. The Morgan fingerprint density at radius 2 is 1.71 bits per heavy atom. The van der Waals surface area contributed by atoms with Crippen LogP contribution in [0.4, 0.5) is 23.1 Å². The third-order valence-electron chi connectivity index (χ3n) is 3.59. The molecule has 3 aromatic rings. The fourth-order valence-corrected chi connectivity index (χ4v) is 2.58. The fourth-order valence-electron chi connectivity index (χ4n) is 2.41. The highest BCUT2D eigenvalue weighted by Gasteiger charge is 2.06. The first kappa shape index (κ1) is 16.3. The van der Waals surface area contributed by atoms with Crippen molar-refractivity contribution in [1.29, 1.82) is 0 Å². The monoisotopic (exact) mass is 338 g/mol. The van der Waals surface area contributed by atoms with E-state index in [1.165, 1.54) is 5.56 Å². The second-order valence-corrected chi connectivity index (χ2v) is 6.23. The van der Waals surface area contributed by atoms with E-state index in [0.717, 1.165) is 28.5 Å². The first-order valence-electron chi connectivity index (χ1n) is 7.72. The number of aromatic nitrogens is 2. The van der Waals surface area contributed by atoms with Crippen LogP contribution < -0.4 is 10.6 Å². The first-order valence-corrected chi connectivity index (χ1v) is 8.10. The number of hydrogen-bond donors (Lipinski definition) is 2. The molecule has 0 atom stereocenters. The van der Waals surface area contributed by atoms with Gasteiger partial charge in [0.1, 0.15) is 5.82 Å². The molecule has 5 heteroatoms. The average molecular weight is 339 g/mol. The summed E-state index contributed by atoms with van der Waals surface area (Å²) in [4.78, 5) is 9.00. The third-order valence-corrected chi connectivity index (χ3v) is 3.83. The Kier molecular flexibility index (Phi) is 4.67. The summed E-state index contributed by atoms with van der Waals surface area (Å²) in [5.41, 5.74) is 5.05. The molecule has 24 heavy (non-hydrogen) atoms. The molecule has 3 rings (SSSR count). The van der Waals surface area contributed by atoms with Gasteiger partial charge >= 0.3 is 0 Å². The number of benzene rings is 2. The predicted octanol–water partition coefficient (Wildman–Crippen LogP) is 5.54. The summed E-state index contributed by atoms with van der Waals surface area (Å²) in [5, 5.41) is 7.25. The molecule has 0 aliphatic rings. The summed E-state index contributed by atoms with van der Waals surface area (Å²) in [7, 11) is 0. The van der Waals surface area contributed by atoms with E-state index in [-0.39, 0.29) is 0 Å². The number of aryl methyl sites for hydroxylation is 3. The Morgan fingerprint density at radius 1 is 0.875 bits per heavy atom. The molecule has 1 aromatic heterocycles. The Bertz CT molecular complexity index is 877. The van der Waals surface area contributed by atoms with Crippen molar-refractivity contribution in [3.63, 3.8) is 0 Å². The van der Waals surface area contributed by atoms with Crippen LogP contribution in [-0.4, -0.2) is 9.97 Å². The lowest BCUT2D eigenvalue weighted by Crippen LogP contribution is -2.03. The molecule has 122 valence electrons. The van der Waals surface area contributed by atoms with Gasteiger partial charge in [-0.3, -0.25) is 0 Å². The van der Waals surface area contributed by atoms with Gasteiger partial charge in [0.25, 0.3) is 0 Å². The Labute approximate surface area is 146 Å². The zero-order chi connectivity index (χ0) is 17.1. The Balaban J connectivity index is 1.87. The van der Waals surface area contributed by atoms with Crippen LogP contribution in [0.15, 0.2) is 48.5 Å². The maximum atomic E-state index is 6.08. The van der Waals surface area contributed by atoms with Crippen LogP contribution in [0.2, 0.25) is 5.02 Å². The SMILES string of the molecule is Cc1cccc(Nc2nc(C)cc(Nc3cc(Cl)ccc3C)n2)c1. The van der Waals surface area contributed by atoms with Gasteiger partial charge in [0.2, 0.25) is 5.95 Å². The molecule has 0 unspecified atom stereocenters. The van der Waals surface area contributed by atoms with Crippen LogP contribution in [0.3, 0.4) is 0 Å². The molecule has 0 saturated heterocycles. The van der Waals surface area contributed by atoms with E-state index in [0.29, 0.717) is 11.0 Å². The summed E-state index contributed by atoms with van der Waals surface area (Å²) in [6.45, 7) is 6.02. The summed E-state index contributed by atoms with van der Waals surface area (Å²) >= 11 is 6.08. The fraction of sp³-hybridized carbons (Fsp3) is 0.158. The van der Waals surface area contributed by atoms with E-state index in [9.17, 15) is 0 Å². The minimum Gasteiger partial charge on any atom is -0.340 e. The number of hydrogen-bond acceptors (Lipinski definition) is 4. The molecular formula is C19H19ClN4. The van der Waals surface area contributed by atoms with Crippen LogP contribution in [-0.2, 0) is 0 Å². The highest BCUT2D eigenvalue weighted by atomic mass is 35.5. The molecule has 0 radical (unpaired) electrons. The average Bonchev–Trinajstić information content (AvgIpc) is 2.50. The van der Waals surface area contributed by atoms with E-state index in [1.54, 1.807) is 0 Å². The van der Waals surface area contributed by atoms with Gasteiger partial charge in [0.05, 0.1) is 0 Å². The van der Waals surface area contributed by atoms with E-state index in [4.69, 9.17) is 11.6 Å². The van der Waals surface area contributed by atoms with Crippen molar-refractivity contribution >= 4 is 34.7 Å². The van der Waals surface area contributed by atoms with Crippen molar-refractivity contribution in [3.05, 3.63) is 70.4 Å². The summed E-state index contributed by atoms with van der Waals surface area (Å²) in [6.07, 6.45) is 0. The van der Waals surface area contributed by atoms with Gasteiger partial charge < -0.3 is 10.6 Å². The summed E-state index contributed by atoms with van der Waals surface area (Å²) < 4.78 is 0. The molecule has 0 saturated carbocycles. The van der Waals surface area contributed by atoms with Gasteiger partial charge in [-0.15, -0.1) is 0 Å². The van der Waals surface area contributed by atoms with Crippen molar-refractivity contribution < 1.29 is 0 Å². The normalized spacial score (nSPS) is 10.5. The lowest BCUT2D eigenvalue weighted by molar-refractivity contribution is 1.11. The van der Waals surface area contributed by atoms with Gasteiger partial charge in [0.15, 0.2) is 0 Å². The molecule has 2 aromatic carbocycles. The highest BCUT2D eigenvalue weighted by Crippen LogP contribution is 2.24. The standard InChI is InChI=1S/C19H19ClN4/c1-12-5-4-6-16(9-12)22-19-21-14(3)10-18(24-19)23-17-11-15(20)8-7-13(17)2/h4-11H,1-3H3,(H2,21,22,23,24). The number of halogens is 1. The number of nitrogens with zero attached hydrogens (tertiary/aromatic N) is 2. The molecule has 0 aliphatic heterocycles. The quantitative estimate of drug-likeness (QED) is 0.655. The van der Waals surface area contributed by atoms with Crippen LogP contribution >= 0.6 is 11.6 Å². The molecule has 2 N–H and O–H groups in total. The lowest BCUT2D eigenvalue weighted by Gasteiger charge is -2.12. The molecule has 1 heterocycles. The predicted molar refractivity (Wildman–Crippen MR) is 101 cm³/mol. The minimum absolute atomic E-state index is 0.558. The zero-order valence-corrected chi connectivity index (χ0v) is 14.6. The smallest absolute Gasteiger partial charge is 0.229 e. The molecule has 0 spiro atoms. The highest BCUT2D eigenvalue weighted by molar-refractivity contribution is 6.30. The molecule has 0 bridgehead atoms. The number of anilines is 4. The van der Waals surface area contributed by atoms with Gasteiger partial charge in [-0.05, 0) is 56.2 Å². The van der Waals surface area contributed by atoms with Crippen LogP contribution in [0.5, 0.6) is 0 Å². The maximum Gasteiger partial charge on any atom is 0.229 e. The van der Waals surface area contributed by atoms with Gasteiger partial charge in [0, 0.05) is 28.2 Å². The van der Waals surface area contributed by atoms with Crippen molar-refractivity contribution in [3.8, 4) is 0 Å². The largest absolute Gasteiger partial charge is 0.340 e. The molecule has 4 nitrogen and oxygen atoms in total. The van der Waals surface area contributed by atoms with Gasteiger partial charge in [-0.1, -0.05) is 29.8 Å². The van der Waals surface area contributed by atoms with Crippen LogP contribution in [0.25, 0.3) is 0 Å². The lowest BCUT2D eigenvalue weighted by atomic mass is 10.2. The topological polar surface area (TPSA) is 49.8 Å². The van der Waals surface area contributed by atoms with Crippen molar-refractivity contribution in [1.82, 2.24) is 9.97 Å². The molecule has 0 aliphatic carbocycles. The maximum absolute atomic E-state index is 6.08. The van der Waals surface area contributed by atoms with Gasteiger partial charge in [-0.25, -0.2) is 4.98 Å². The van der Waals surface area contributed by atoms with E-state index in [2.05, 4.69) is 39.7 Å². The number of rotatable bonds is 4. The van der Waals surface area contributed by atoms with Crippen LogP contribution in [0, 0.1) is 20.8 Å². The van der Waals surface area contributed by atoms with E-state index < -0.39 is 0 Å². The van der Waals surface area contributed by atoms with Crippen molar-refractivity contribution in [2.45, 2.75) is 20.8 Å². The zero-order valence-electron chi connectivity index (χ0n) is 13.9. The minimum atomic E-state index is 0.558. The first-order chi connectivity index (χ1) is 11.5. The number of nitrogens with one attached hydrogen (secondary N) is 2. The van der Waals surface area contributed by atoms with Crippen molar-refractivity contribution in [2.24, 2.45) is 0 Å². The second-order valence-electron chi connectivity index (χ2n) is 5.80. The van der Waals surface area contributed by atoms with E-state index >= 15 is 0 Å². The van der Waals surface area contributed by atoms with E-state index in [1.807, 2.05) is 50.2 Å². The summed E-state index contributed by atoms with van der Waals surface area (Å²) in [6, 6.07) is 15.7. The second kappa shape index (κ2) is 6.89. The van der Waals surface area contributed by atoms with Crippen LogP contribution in [0.1, 0.15) is 16.8 Å². The Hall–Kier alpha value is -2.59. The third kappa shape index (κ3) is 4.03. The van der Waals surface area contributed by atoms with Gasteiger partial charge in [-0.2, -0.15) is 4.98 Å².